The van der Waals surface area contributed by atoms with Crippen LogP contribution in [0.2, 0.25) is 0 Å². The van der Waals surface area contributed by atoms with Gasteiger partial charge in [-0.2, -0.15) is 0 Å². The molecule has 0 nitrogen and oxygen atoms in total. The summed E-state index contributed by atoms with van der Waals surface area (Å²) in [6.45, 7) is 4.47. The van der Waals surface area contributed by atoms with Crippen molar-refractivity contribution in [1.29, 1.82) is 0 Å². The lowest BCUT2D eigenvalue weighted by molar-refractivity contribution is 1.19. The number of aryl methyl sites for hydroxylation is 1. The van der Waals surface area contributed by atoms with Crippen LogP contribution in [0.25, 0.3) is 32.7 Å². The van der Waals surface area contributed by atoms with E-state index in [1.165, 1.54) is 54.9 Å². The van der Waals surface area contributed by atoms with Gasteiger partial charge < -0.3 is 0 Å². The van der Waals surface area contributed by atoms with E-state index in [9.17, 15) is 0 Å². The fourth-order valence-electron chi connectivity index (χ4n) is 3.98. The average Bonchev–Trinajstić information content (AvgIpc) is 2.92. The van der Waals surface area contributed by atoms with E-state index in [0.717, 1.165) is 6.42 Å². The summed E-state index contributed by atoms with van der Waals surface area (Å²) < 4.78 is 0. The quantitative estimate of drug-likeness (QED) is 0.299. The molecule has 0 atom stereocenters. The maximum absolute atomic E-state index is 2.39. The third-order valence-corrected chi connectivity index (χ3v) is 5.45. The van der Waals surface area contributed by atoms with Crippen molar-refractivity contribution in [3.05, 3.63) is 82.9 Å². The molecule has 110 valence electrons. The van der Waals surface area contributed by atoms with E-state index in [-0.39, 0.29) is 0 Å². The molecule has 0 heteroatoms. The summed E-state index contributed by atoms with van der Waals surface area (Å²) in [6.07, 6.45) is 1.07. The summed E-state index contributed by atoms with van der Waals surface area (Å²) in [5, 5.41) is 5.33. The number of rotatable bonds is 0. The Bertz CT molecular complexity index is 1100. The lowest BCUT2D eigenvalue weighted by Gasteiger charge is -2.08. The van der Waals surface area contributed by atoms with Crippen LogP contribution in [-0.4, -0.2) is 0 Å². The van der Waals surface area contributed by atoms with Crippen molar-refractivity contribution in [2.45, 2.75) is 20.3 Å². The molecular weight excluding hydrogens is 276 g/mol. The summed E-state index contributed by atoms with van der Waals surface area (Å²) in [4.78, 5) is 0. The first kappa shape index (κ1) is 12.9. The monoisotopic (exact) mass is 294 g/mol. The zero-order valence-electron chi connectivity index (χ0n) is 13.5. The van der Waals surface area contributed by atoms with Gasteiger partial charge in [-0.15, -0.1) is 0 Å². The standard InChI is InChI=1S/C23H18/c1-14-7-8-21-22(15(14)2)13-20-11-18-9-16-5-3-4-6-17(16)10-19(18)12-23(20)21/h3-12H,13H2,1-2H3. The molecule has 0 saturated carbocycles. The van der Waals surface area contributed by atoms with Crippen molar-refractivity contribution in [1.82, 2.24) is 0 Å². The number of fused-ring (bicyclic) bond motifs is 5. The molecule has 0 unspecified atom stereocenters. The molecule has 0 spiro atoms. The number of hydrogen-bond acceptors (Lipinski definition) is 0. The molecule has 0 aromatic heterocycles. The highest BCUT2D eigenvalue weighted by atomic mass is 14.2. The Morgan fingerprint density at radius 1 is 0.652 bits per heavy atom. The summed E-state index contributed by atoms with van der Waals surface area (Å²) in [7, 11) is 0. The molecule has 0 amide bonds. The van der Waals surface area contributed by atoms with Gasteiger partial charge in [-0.05, 0) is 93.4 Å². The van der Waals surface area contributed by atoms with Crippen LogP contribution in [0.5, 0.6) is 0 Å². The summed E-state index contributed by atoms with van der Waals surface area (Å²) in [5.41, 5.74) is 8.68. The number of hydrogen-bond donors (Lipinski definition) is 0. The fourth-order valence-corrected chi connectivity index (χ4v) is 3.98. The minimum atomic E-state index is 1.07. The molecular formula is C23H18. The van der Waals surface area contributed by atoms with E-state index in [1.807, 2.05) is 0 Å². The van der Waals surface area contributed by atoms with Crippen LogP contribution in [0.1, 0.15) is 22.3 Å². The molecule has 4 aromatic carbocycles. The van der Waals surface area contributed by atoms with Crippen LogP contribution in [0.15, 0.2) is 60.7 Å². The van der Waals surface area contributed by atoms with Gasteiger partial charge in [0, 0.05) is 0 Å². The predicted octanol–water partition coefficient (Wildman–Crippen LogP) is 6.18. The SMILES string of the molecule is Cc1ccc2c(c1C)Cc1cc3cc4ccccc4cc3cc1-2. The zero-order valence-corrected chi connectivity index (χ0v) is 13.5. The molecule has 0 aliphatic heterocycles. The van der Waals surface area contributed by atoms with Gasteiger partial charge in [-0.3, -0.25) is 0 Å². The van der Waals surface area contributed by atoms with Crippen LogP contribution in [0, 0.1) is 13.8 Å². The Labute approximate surface area is 136 Å². The maximum Gasteiger partial charge on any atom is -0.00105 e. The van der Waals surface area contributed by atoms with Crippen LogP contribution in [0.3, 0.4) is 0 Å². The average molecular weight is 294 g/mol. The molecule has 1 aliphatic rings. The molecule has 0 heterocycles. The van der Waals surface area contributed by atoms with Crippen LogP contribution >= 0.6 is 0 Å². The predicted molar refractivity (Wildman–Crippen MR) is 99.2 cm³/mol. The second kappa shape index (κ2) is 4.45. The second-order valence-electron chi connectivity index (χ2n) is 6.77. The molecule has 1 aliphatic carbocycles. The minimum Gasteiger partial charge on any atom is -0.0616 e. The van der Waals surface area contributed by atoms with Gasteiger partial charge in [0.15, 0.2) is 0 Å². The minimum absolute atomic E-state index is 1.07. The highest BCUT2D eigenvalue weighted by molar-refractivity contribution is 6.01. The molecule has 0 saturated heterocycles. The van der Waals surface area contributed by atoms with Gasteiger partial charge in [0.25, 0.3) is 0 Å². The largest absolute Gasteiger partial charge is 0.0616 e. The van der Waals surface area contributed by atoms with Crippen LogP contribution in [0.4, 0.5) is 0 Å². The molecule has 0 radical (unpaired) electrons. The third-order valence-electron chi connectivity index (χ3n) is 5.45. The molecule has 0 fully saturated rings. The van der Waals surface area contributed by atoms with Crippen LogP contribution in [-0.2, 0) is 6.42 Å². The Morgan fingerprint density at radius 2 is 1.35 bits per heavy atom. The molecule has 0 bridgehead atoms. The first-order valence-corrected chi connectivity index (χ1v) is 8.25. The van der Waals surface area contributed by atoms with Gasteiger partial charge in [0.05, 0.1) is 0 Å². The zero-order chi connectivity index (χ0) is 15.6. The van der Waals surface area contributed by atoms with Gasteiger partial charge in [0.2, 0.25) is 0 Å². The lowest BCUT2D eigenvalue weighted by atomic mass is 9.96. The Morgan fingerprint density at radius 3 is 2.09 bits per heavy atom. The van der Waals surface area contributed by atoms with E-state index >= 15 is 0 Å². The maximum atomic E-state index is 2.39. The van der Waals surface area contributed by atoms with Gasteiger partial charge >= 0.3 is 0 Å². The third kappa shape index (κ3) is 1.78. The normalized spacial score (nSPS) is 12.6. The first-order valence-electron chi connectivity index (χ1n) is 8.25. The van der Waals surface area contributed by atoms with Gasteiger partial charge in [0.1, 0.15) is 0 Å². The Hall–Kier alpha value is -2.60. The van der Waals surface area contributed by atoms with Gasteiger partial charge in [-0.25, -0.2) is 0 Å². The summed E-state index contributed by atoms with van der Waals surface area (Å²) in [5.74, 6) is 0. The van der Waals surface area contributed by atoms with Crippen molar-refractivity contribution in [2.75, 3.05) is 0 Å². The topological polar surface area (TPSA) is 0 Å². The van der Waals surface area contributed by atoms with E-state index in [1.54, 1.807) is 0 Å². The highest BCUT2D eigenvalue weighted by Crippen LogP contribution is 2.41. The smallest absolute Gasteiger partial charge is 0.00105 e. The van der Waals surface area contributed by atoms with E-state index < -0.39 is 0 Å². The van der Waals surface area contributed by atoms with Crippen LogP contribution < -0.4 is 0 Å². The van der Waals surface area contributed by atoms with Crippen molar-refractivity contribution in [3.63, 3.8) is 0 Å². The first-order chi connectivity index (χ1) is 11.2. The highest BCUT2D eigenvalue weighted by Gasteiger charge is 2.21. The van der Waals surface area contributed by atoms with E-state index in [2.05, 4.69) is 74.5 Å². The molecule has 23 heavy (non-hydrogen) atoms. The van der Waals surface area contributed by atoms with E-state index in [4.69, 9.17) is 0 Å². The van der Waals surface area contributed by atoms with E-state index in [0.29, 0.717) is 0 Å². The second-order valence-corrected chi connectivity index (χ2v) is 6.77. The van der Waals surface area contributed by atoms with Crippen molar-refractivity contribution >= 4 is 21.5 Å². The Balaban J connectivity index is 1.82. The van der Waals surface area contributed by atoms with Crippen molar-refractivity contribution in [3.8, 4) is 11.1 Å². The number of benzene rings is 4. The Kier molecular flexibility index (Phi) is 2.50. The molecule has 0 N–H and O–H groups in total. The fraction of sp³-hybridized carbons (Fsp3) is 0.130. The van der Waals surface area contributed by atoms with Gasteiger partial charge in [-0.1, -0.05) is 42.5 Å². The molecule has 5 rings (SSSR count). The summed E-state index contributed by atoms with van der Waals surface area (Å²) >= 11 is 0. The lowest BCUT2D eigenvalue weighted by Crippen LogP contribution is -1.89. The molecule has 4 aromatic rings. The van der Waals surface area contributed by atoms with Crippen molar-refractivity contribution in [2.24, 2.45) is 0 Å². The summed E-state index contributed by atoms with van der Waals surface area (Å²) in [6, 6.07) is 22.6. The van der Waals surface area contributed by atoms with Crippen molar-refractivity contribution < 1.29 is 0 Å².